The molecule has 0 amide bonds. The molecule has 0 aliphatic carbocycles. The number of pyridine rings is 1. The van der Waals surface area contributed by atoms with E-state index in [4.69, 9.17) is 4.42 Å². The van der Waals surface area contributed by atoms with Crippen molar-refractivity contribution in [2.75, 3.05) is 0 Å². The van der Waals surface area contributed by atoms with E-state index in [1.54, 1.807) is 0 Å². The molecule has 0 atom stereocenters. The van der Waals surface area contributed by atoms with Crippen LogP contribution in [0.1, 0.15) is 0 Å². The van der Waals surface area contributed by atoms with E-state index in [2.05, 4.69) is 125 Å². The SMILES string of the molecule is [Pd].[c-]1cccc(-c2ccnc(-c3ccc(-n4c5ccccc5c5cc(-c6ccc7oc8ccccc8c7c6)ccc54)cc3)c2)c1. The summed E-state index contributed by atoms with van der Waals surface area (Å²) >= 11 is 0. The maximum absolute atomic E-state index is 6.08. The molecule has 3 heterocycles. The average Bonchev–Trinajstić information content (AvgIpc) is 3.64. The van der Waals surface area contributed by atoms with Crippen LogP contribution in [0.15, 0.2) is 156 Å². The second-order valence-corrected chi connectivity index (χ2v) is 11.2. The molecule has 0 unspecified atom stereocenters. The van der Waals surface area contributed by atoms with Crippen molar-refractivity contribution >= 4 is 43.7 Å². The summed E-state index contributed by atoms with van der Waals surface area (Å²) in [7, 11) is 0. The Labute approximate surface area is 274 Å². The van der Waals surface area contributed by atoms with Crippen LogP contribution in [-0.4, -0.2) is 9.55 Å². The Bertz CT molecular complexity index is 2490. The van der Waals surface area contributed by atoms with Gasteiger partial charge in [-0.3, -0.25) is 4.98 Å². The first kappa shape index (κ1) is 27.3. The number of furan rings is 1. The van der Waals surface area contributed by atoms with Gasteiger partial charge >= 0.3 is 0 Å². The van der Waals surface area contributed by atoms with Crippen LogP contribution in [-0.2, 0) is 20.4 Å². The molecular formula is C41H25N2OPd-. The number of hydrogen-bond donors (Lipinski definition) is 0. The van der Waals surface area contributed by atoms with Gasteiger partial charge in [0.1, 0.15) is 11.2 Å². The molecule has 0 spiro atoms. The summed E-state index contributed by atoms with van der Waals surface area (Å²) in [5.41, 5.74) is 12.0. The molecule has 9 aromatic rings. The van der Waals surface area contributed by atoms with Gasteiger partial charge in [-0.1, -0.05) is 66.2 Å². The topological polar surface area (TPSA) is 31.0 Å². The third-order valence-corrected chi connectivity index (χ3v) is 8.60. The van der Waals surface area contributed by atoms with E-state index in [-0.39, 0.29) is 20.4 Å². The predicted octanol–water partition coefficient (Wildman–Crippen LogP) is 10.9. The van der Waals surface area contributed by atoms with Crippen LogP contribution < -0.4 is 0 Å². The van der Waals surface area contributed by atoms with Gasteiger partial charge in [0.2, 0.25) is 0 Å². The van der Waals surface area contributed by atoms with Gasteiger partial charge in [-0.25, -0.2) is 0 Å². The number of nitrogens with zero attached hydrogens (tertiary/aromatic N) is 2. The zero-order chi connectivity index (χ0) is 29.0. The van der Waals surface area contributed by atoms with Crippen molar-refractivity contribution in [3.8, 4) is 39.2 Å². The smallest absolute Gasteiger partial charge is 0.135 e. The van der Waals surface area contributed by atoms with Crippen LogP contribution >= 0.6 is 0 Å². The summed E-state index contributed by atoms with van der Waals surface area (Å²) in [5.74, 6) is 0. The Morgan fingerprint density at radius 2 is 1.20 bits per heavy atom. The molecule has 0 N–H and O–H groups in total. The normalized spacial score (nSPS) is 11.4. The Balaban J connectivity index is 0.00000300. The molecule has 6 aromatic carbocycles. The van der Waals surface area contributed by atoms with Crippen LogP contribution in [0.4, 0.5) is 0 Å². The summed E-state index contributed by atoms with van der Waals surface area (Å²) in [6.45, 7) is 0. The monoisotopic (exact) mass is 667 g/mol. The van der Waals surface area contributed by atoms with E-state index in [9.17, 15) is 0 Å². The van der Waals surface area contributed by atoms with Crippen LogP contribution in [0.3, 0.4) is 0 Å². The molecule has 0 aliphatic heterocycles. The summed E-state index contributed by atoms with van der Waals surface area (Å²) in [6, 6.07) is 54.3. The van der Waals surface area contributed by atoms with Crippen molar-refractivity contribution in [3.63, 3.8) is 0 Å². The fourth-order valence-electron chi connectivity index (χ4n) is 6.46. The molecule has 3 nitrogen and oxygen atoms in total. The van der Waals surface area contributed by atoms with Crippen molar-refractivity contribution in [1.82, 2.24) is 9.55 Å². The van der Waals surface area contributed by atoms with E-state index in [1.807, 2.05) is 42.6 Å². The molecule has 3 aromatic heterocycles. The van der Waals surface area contributed by atoms with Crippen molar-refractivity contribution in [2.24, 2.45) is 0 Å². The molecule has 4 heteroatoms. The quantitative estimate of drug-likeness (QED) is 0.138. The minimum absolute atomic E-state index is 0. The van der Waals surface area contributed by atoms with Gasteiger partial charge in [0.25, 0.3) is 0 Å². The number of rotatable bonds is 4. The number of hydrogen-bond acceptors (Lipinski definition) is 2. The summed E-state index contributed by atoms with van der Waals surface area (Å²) < 4.78 is 8.43. The maximum atomic E-state index is 6.08. The zero-order valence-electron chi connectivity index (χ0n) is 24.1. The van der Waals surface area contributed by atoms with Gasteiger partial charge in [0, 0.05) is 59.4 Å². The molecule has 216 valence electrons. The van der Waals surface area contributed by atoms with Crippen molar-refractivity contribution in [1.29, 1.82) is 0 Å². The first-order valence-electron chi connectivity index (χ1n) is 14.8. The summed E-state index contributed by atoms with van der Waals surface area (Å²) in [4.78, 5) is 4.68. The molecule has 0 saturated heterocycles. The van der Waals surface area contributed by atoms with E-state index >= 15 is 0 Å². The van der Waals surface area contributed by atoms with Crippen LogP contribution in [0.5, 0.6) is 0 Å². The van der Waals surface area contributed by atoms with Crippen LogP contribution in [0, 0.1) is 6.07 Å². The molecule has 45 heavy (non-hydrogen) atoms. The van der Waals surface area contributed by atoms with E-state index in [1.165, 1.54) is 32.9 Å². The third-order valence-electron chi connectivity index (χ3n) is 8.60. The first-order chi connectivity index (χ1) is 21.8. The largest absolute Gasteiger partial charge is 0.456 e. The van der Waals surface area contributed by atoms with E-state index in [0.717, 1.165) is 50.0 Å². The van der Waals surface area contributed by atoms with Crippen molar-refractivity contribution in [3.05, 3.63) is 158 Å². The molecular weight excluding hydrogens is 643 g/mol. The molecule has 0 bridgehead atoms. The number of para-hydroxylation sites is 2. The van der Waals surface area contributed by atoms with E-state index < -0.39 is 0 Å². The van der Waals surface area contributed by atoms with Crippen LogP contribution in [0.2, 0.25) is 0 Å². The minimum atomic E-state index is 0. The summed E-state index contributed by atoms with van der Waals surface area (Å²) in [5, 5.41) is 4.75. The third kappa shape index (κ3) is 4.59. The number of aromatic nitrogens is 2. The molecule has 0 saturated carbocycles. The summed E-state index contributed by atoms with van der Waals surface area (Å²) in [6.07, 6.45) is 1.88. The Morgan fingerprint density at radius 1 is 0.511 bits per heavy atom. The number of fused-ring (bicyclic) bond motifs is 6. The first-order valence-corrected chi connectivity index (χ1v) is 14.8. The van der Waals surface area contributed by atoms with Gasteiger partial charge in [0.15, 0.2) is 0 Å². The van der Waals surface area contributed by atoms with Crippen molar-refractivity contribution < 1.29 is 24.8 Å². The molecule has 9 rings (SSSR count). The van der Waals surface area contributed by atoms with Crippen LogP contribution in [0.25, 0.3) is 82.9 Å². The fraction of sp³-hybridized carbons (Fsp3) is 0. The predicted molar refractivity (Wildman–Crippen MR) is 181 cm³/mol. The second kappa shape index (κ2) is 11.0. The van der Waals surface area contributed by atoms with Crippen molar-refractivity contribution in [2.45, 2.75) is 0 Å². The number of benzene rings is 6. The maximum Gasteiger partial charge on any atom is 0.135 e. The van der Waals surface area contributed by atoms with Gasteiger partial charge in [-0.15, -0.1) is 5.56 Å². The zero-order valence-corrected chi connectivity index (χ0v) is 25.6. The van der Waals surface area contributed by atoms with Gasteiger partial charge < -0.3 is 8.98 Å². The van der Waals surface area contributed by atoms with Gasteiger partial charge in [-0.05, 0) is 71.8 Å². The second-order valence-electron chi connectivity index (χ2n) is 11.2. The Morgan fingerprint density at radius 3 is 2.04 bits per heavy atom. The van der Waals surface area contributed by atoms with Gasteiger partial charge in [-0.2, -0.15) is 30.3 Å². The Hall–Kier alpha value is -5.27. The fourth-order valence-corrected chi connectivity index (χ4v) is 6.46. The Kier molecular flexibility index (Phi) is 6.69. The molecule has 0 radical (unpaired) electrons. The molecule has 0 aliphatic rings. The minimum Gasteiger partial charge on any atom is -0.456 e. The van der Waals surface area contributed by atoms with E-state index in [0.29, 0.717) is 0 Å². The average molecular weight is 668 g/mol. The van der Waals surface area contributed by atoms with Gasteiger partial charge in [0.05, 0.1) is 16.7 Å². The standard InChI is InChI=1S/C41H25N2O.Pd/c1-2-8-27(9-3-1)31-22-23-42-37(26-31)28-14-18-32(19-15-28)43-38-12-6-4-10-33(38)35-24-29(16-20-39(35)43)30-17-21-41-36(25-30)34-11-5-7-13-40(34)44-41;/h1-2,4-26H;/q-1;. The molecule has 0 fully saturated rings.